The van der Waals surface area contributed by atoms with E-state index in [2.05, 4.69) is 69.2 Å². The van der Waals surface area contributed by atoms with Crippen LogP contribution in [-0.4, -0.2) is 15.8 Å². The Morgan fingerprint density at radius 2 is 1.54 bits per heavy atom. The van der Waals surface area contributed by atoms with Gasteiger partial charge < -0.3 is 0 Å². The van der Waals surface area contributed by atoms with Gasteiger partial charge in [-0.2, -0.15) is 11.8 Å². The number of thioether (sulfide) groups is 1. The lowest BCUT2D eigenvalue weighted by Gasteiger charge is -2.31. The summed E-state index contributed by atoms with van der Waals surface area (Å²) >= 11 is 5.67. The molecule has 0 aliphatic rings. The fourth-order valence-corrected chi connectivity index (χ4v) is 3.70. The molecule has 80 valence electrons. The quantitative estimate of drug-likeness (QED) is 0.675. The van der Waals surface area contributed by atoms with Crippen LogP contribution in [0.2, 0.25) is 0 Å². The predicted octanol–water partition coefficient (Wildman–Crippen LogP) is 4.58. The summed E-state index contributed by atoms with van der Waals surface area (Å²) in [5.74, 6) is 2.01. The second kappa shape index (κ2) is 5.06. The van der Waals surface area contributed by atoms with Crippen LogP contribution in [-0.2, 0) is 0 Å². The molecule has 13 heavy (non-hydrogen) atoms. The van der Waals surface area contributed by atoms with E-state index in [4.69, 9.17) is 0 Å². The standard InChI is InChI=1S/C11H23BrS/c1-10(2,3)9(7-12)8-13-11(4,5)6/h9H,7-8H2,1-6H3. The molecule has 0 aromatic rings. The third kappa shape index (κ3) is 6.84. The van der Waals surface area contributed by atoms with E-state index in [0.717, 1.165) is 11.2 Å². The molecule has 0 N–H and O–H groups in total. The minimum absolute atomic E-state index is 0.395. The van der Waals surface area contributed by atoms with Crippen molar-refractivity contribution in [3.8, 4) is 0 Å². The molecule has 0 saturated carbocycles. The third-order valence-electron chi connectivity index (χ3n) is 2.13. The van der Waals surface area contributed by atoms with Gasteiger partial charge in [0.1, 0.15) is 0 Å². The van der Waals surface area contributed by atoms with E-state index < -0.39 is 0 Å². The fraction of sp³-hybridized carbons (Fsp3) is 1.00. The average Bonchev–Trinajstić information content (AvgIpc) is 1.82. The van der Waals surface area contributed by atoms with E-state index in [9.17, 15) is 0 Å². The lowest BCUT2D eigenvalue weighted by molar-refractivity contribution is 0.295. The predicted molar refractivity (Wildman–Crippen MR) is 69.0 cm³/mol. The maximum atomic E-state index is 3.61. The van der Waals surface area contributed by atoms with Crippen LogP contribution < -0.4 is 0 Å². The first kappa shape index (κ1) is 13.8. The van der Waals surface area contributed by atoms with Gasteiger partial charge in [0.2, 0.25) is 0 Å². The molecular formula is C11H23BrS. The maximum Gasteiger partial charge on any atom is 0.00752 e. The van der Waals surface area contributed by atoms with Gasteiger partial charge in [0, 0.05) is 10.1 Å². The average molecular weight is 267 g/mol. The molecule has 1 atom stereocenters. The summed E-state index contributed by atoms with van der Waals surface area (Å²) in [5, 5.41) is 1.11. The summed E-state index contributed by atoms with van der Waals surface area (Å²) in [6.45, 7) is 13.8. The molecule has 0 aromatic heterocycles. The third-order valence-corrected chi connectivity index (χ3v) is 4.35. The van der Waals surface area contributed by atoms with E-state index in [1.54, 1.807) is 0 Å². The first-order valence-electron chi connectivity index (χ1n) is 4.87. The maximum absolute atomic E-state index is 3.61. The largest absolute Gasteiger partial charge is 0.156 e. The molecule has 0 heterocycles. The Balaban J connectivity index is 4.02. The Morgan fingerprint density at radius 3 is 1.77 bits per heavy atom. The number of rotatable bonds is 3. The first-order valence-corrected chi connectivity index (χ1v) is 6.97. The van der Waals surface area contributed by atoms with Crippen molar-refractivity contribution in [1.29, 1.82) is 0 Å². The Bertz CT molecular complexity index is 141. The van der Waals surface area contributed by atoms with Crippen molar-refractivity contribution in [2.45, 2.75) is 46.3 Å². The fourth-order valence-electron chi connectivity index (χ4n) is 0.877. The minimum atomic E-state index is 0.395. The van der Waals surface area contributed by atoms with Crippen LogP contribution in [0.25, 0.3) is 0 Å². The molecule has 0 saturated heterocycles. The van der Waals surface area contributed by atoms with E-state index in [1.165, 1.54) is 5.75 Å². The van der Waals surface area contributed by atoms with Crippen LogP contribution in [0.5, 0.6) is 0 Å². The van der Waals surface area contributed by atoms with Crippen LogP contribution in [0.15, 0.2) is 0 Å². The smallest absolute Gasteiger partial charge is 0.00752 e. The van der Waals surface area contributed by atoms with Crippen molar-refractivity contribution in [2.24, 2.45) is 11.3 Å². The molecule has 1 unspecified atom stereocenters. The summed E-state index contributed by atoms with van der Waals surface area (Å²) in [5.41, 5.74) is 0.418. The van der Waals surface area contributed by atoms with Crippen LogP contribution in [0.3, 0.4) is 0 Å². The second-order valence-electron chi connectivity index (χ2n) is 5.64. The van der Waals surface area contributed by atoms with Gasteiger partial charge in [-0.15, -0.1) is 0 Å². The van der Waals surface area contributed by atoms with Crippen molar-refractivity contribution in [3.63, 3.8) is 0 Å². The molecule has 0 amide bonds. The molecule has 0 aliphatic carbocycles. The van der Waals surface area contributed by atoms with E-state index >= 15 is 0 Å². The zero-order valence-electron chi connectivity index (χ0n) is 9.78. The van der Waals surface area contributed by atoms with Crippen molar-refractivity contribution in [2.75, 3.05) is 11.1 Å². The summed E-state index contributed by atoms with van der Waals surface area (Å²) < 4.78 is 0.395. The number of halogens is 1. The van der Waals surface area contributed by atoms with Crippen molar-refractivity contribution >= 4 is 27.7 Å². The number of hydrogen-bond donors (Lipinski definition) is 0. The van der Waals surface area contributed by atoms with Gasteiger partial charge in [0.25, 0.3) is 0 Å². The second-order valence-corrected chi connectivity index (χ2v) is 8.13. The Hall–Kier alpha value is 0.830. The molecule has 0 fully saturated rings. The van der Waals surface area contributed by atoms with E-state index in [0.29, 0.717) is 10.2 Å². The molecule has 0 spiro atoms. The monoisotopic (exact) mass is 266 g/mol. The van der Waals surface area contributed by atoms with E-state index in [1.807, 2.05) is 0 Å². The van der Waals surface area contributed by atoms with Crippen molar-refractivity contribution < 1.29 is 0 Å². The summed E-state index contributed by atoms with van der Waals surface area (Å²) in [6.07, 6.45) is 0. The highest BCUT2D eigenvalue weighted by Gasteiger charge is 2.25. The summed E-state index contributed by atoms with van der Waals surface area (Å²) in [7, 11) is 0. The SMILES string of the molecule is CC(C)(C)SCC(CBr)C(C)(C)C. The van der Waals surface area contributed by atoms with Crippen LogP contribution in [0.1, 0.15) is 41.5 Å². The highest BCUT2D eigenvalue weighted by Crippen LogP contribution is 2.34. The first-order chi connectivity index (χ1) is 5.67. The van der Waals surface area contributed by atoms with Gasteiger partial charge in [-0.3, -0.25) is 0 Å². The van der Waals surface area contributed by atoms with Crippen molar-refractivity contribution in [1.82, 2.24) is 0 Å². The number of hydrogen-bond acceptors (Lipinski definition) is 1. The highest BCUT2D eigenvalue weighted by molar-refractivity contribution is 9.09. The van der Waals surface area contributed by atoms with E-state index in [-0.39, 0.29) is 0 Å². The zero-order chi connectivity index (χ0) is 10.7. The minimum Gasteiger partial charge on any atom is -0.156 e. The van der Waals surface area contributed by atoms with Gasteiger partial charge >= 0.3 is 0 Å². The zero-order valence-corrected chi connectivity index (χ0v) is 12.2. The molecule has 0 bridgehead atoms. The Morgan fingerprint density at radius 1 is 1.08 bits per heavy atom. The lowest BCUT2D eigenvalue weighted by Crippen LogP contribution is -2.26. The summed E-state index contributed by atoms with van der Waals surface area (Å²) in [6, 6.07) is 0. The normalized spacial score (nSPS) is 15.9. The van der Waals surface area contributed by atoms with Gasteiger partial charge in [-0.25, -0.2) is 0 Å². The lowest BCUT2D eigenvalue weighted by atomic mass is 9.83. The molecule has 0 nitrogen and oxygen atoms in total. The van der Waals surface area contributed by atoms with Gasteiger partial charge in [0.15, 0.2) is 0 Å². The van der Waals surface area contributed by atoms with Crippen LogP contribution in [0.4, 0.5) is 0 Å². The van der Waals surface area contributed by atoms with Crippen LogP contribution in [0, 0.1) is 11.3 Å². The van der Waals surface area contributed by atoms with Gasteiger partial charge in [-0.1, -0.05) is 57.5 Å². The number of alkyl halides is 1. The van der Waals surface area contributed by atoms with Gasteiger partial charge in [-0.05, 0) is 17.1 Å². The molecule has 0 aromatic carbocycles. The summed E-state index contributed by atoms with van der Waals surface area (Å²) in [4.78, 5) is 0. The highest BCUT2D eigenvalue weighted by atomic mass is 79.9. The molecule has 2 heteroatoms. The Kier molecular flexibility index (Phi) is 5.39. The molecule has 0 radical (unpaired) electrons. The molecule has 0 rings (SSSR count). The van der Waals surface area contributed by atoms with Gasteiger partial charge in [0.05, 0.1) is 0 Å². The molecule has 0 aliphatic heterocycles. The Labute approximate surface area is 96.4 Å². The van der Waals surface area contributed by atoms with Crippen molar-refractivity contribution in [3.05, 3.63) is 0 Å². The molecular weight excluding hydrogens is 244 g/mol. The topological polar surface area (TPSA) is 0 Å². The van der Waals surface area contributed by atoms with Crippen LogP contribution >= 0.6 is 27.7 Å².